The Morgan fingerprint density at radius 2 is 2.00 bits per heavy atom. The van der Waals surface area contributed by atoms with Gasteiger partial charge in [-0.3, -0.25) is 0 Å². The van der Waals surface area contributed by atoms with Gasteiger partial charge in [0.2, 0.25) is 0 Å². The molecule has 1 aliphatic heterocycles. The summed E-state index contributed by atoms with van der Waals surface area (Å²) >= 11 is 0. The van der Waals surface area contributed by atoms with Gasteiger partial charge in [0, 0.05) is 0 Å². The lowest BCUT2D eigenvalue weighted by Gasteiger charge is -2.37. The fourth-order valence-electron chi connectivity index (χ4n) is 2.21. The lowest BCUT2D eigenvalue weighted by molar-refractivity contribution is 0.248. The Bertz CT molecular complexity index is 209. The van der Waals surface area contributed by atoms with Gasteiger partial charge in [-0.25, -0.2) is 0 Å². The van der Waals surface area contributed by atoms with E-state index >= 15 is 0 Å². The molecule has 0 bridgehead atoms. The zero-order valence-electron chi connectivity index (χ0n) is 7.60. The third-order valence-electron chi connectivity index (χ3n) is 3.22. The van der Waals surface area contributed by atoms with E-state index in [2.05, 4.69) is 24.0 Å². The lowest BCUT2D eigenvalue weighted by atomic mass is 9.72. The van der Waals surface area contributed by atoms with Crippen molar-refractivity contribution in [3.05, 3.63) is 24.3 Å². The molecular formula is C11H17N. The van der Waals surface area contributed by atoms with Gasteiger partial charge in [0.15, 0.2) is 0 Å². The van der Waals surface area contributed by atoms with Crippen molar-refractivity contribution in [3.8, 4) is 0 Å². The van der Waals surface area contributed by atoms with Gasteiger partial charge in [0.1, 0.15) is 0 Å². The number of allylic oxidation sites excluding steroid dienone is 3. The zero-order chi connectivity index (χ0) is 8.44. The smallest absolute Gasteiger partial charge is 0.00406 e. The molecule has 1 saturated heterocycles. The van der Waals surface area contributed by atoms with Crippen LogP contribution >= 0.6 is 0 Å². The molecule has 0 aromatic carbocycles. The first-order chi connectivity index (χ1) is 5.81. The van der Waals surface area contributed by atoms with Gasteiger partial charge in [-0.05, 0) is 44.2 Å². The van der Waals surface area contributed by atoms with Crippen molar-refractivity contribution < 1.29 is 0 Å². The highest BCUT2D eigenvalue weighted by atomic mass is 14.9. The Labute approximate surface area is 74.5 Å². The Morgan fingerprint density at radius 1 is 1.25 bits per heavy atom. The standard InChI is InChI=1S/C11H17N/c1-10-2-4-11(5-3-10)6-8-12-9-7-11/h2,4,12H,1,3,5-9H2. The maximum atomic E-state index is 3.99. The van der Waals surface area contributed by atoms with Crippen LogP contribution in [0.15, 0.2) is 24.3 Å². The Hall–Kier alpha value is -0.560. The summed E-state index contributed by atoms with van der Waals surface area (Å²) in [5, 5.41) is 3.41. The summed E-state index contributed by atoms with van der Waals surface area (Å²) in [6.45, 7) is 6.37. The third kappa shape index (κ3) is 1.46. The molecule has 1 aliphatic carbocycles. The molecule has 0 radical (unpaired) electrons. The first kappa shape index (κ1) is 8.06. The van der Waals surface area contributed by atoms with Crippen LogP contribution in [0.25, 0.3) is 0 Å². The average molecular weight is 163 g/mol. The number of piperidine rings is 1. The molecule has 0 amide bonds. The van der Waals surface area contributed by atoms with E-state index in [0.29, 0.717) is 5.41 Å². The molecule has 0 aromatic heterocycles. The molecule has 2 aliphatic rings. The average Bonchev–Trinajstić information content (AvgIpc) is 2.13. The first-order valence-electron chi connectivity index (χ1n) is 4.89. The van der Waals surface area contributed by atoms with E-state index in [1.807, 2.05) is 0 Å². The monoisotopic (exact) mass is 163 g/mol. The fraction of sp³-hybridized carbons (Fsp3) is 0.636. The van der Waals surface area contributed by atoms with Crippen LogP contribution in [0, 0.1) is 5.41 Å². The van der Waals surface area contributed by atoms with Gasteiger partial charge >= 0.3 is 0 Å². The van der Waals surface area contributed by atoms with Crippen LogP contribution in [0.1, 0.15) is 25.7 Å². The lowest BCUT2D eigenvalue weighted by Crippen LogP contribution is -2.36. The normalized spacial score (nSPS) is 27.8. The van der Waals surface area contributed by atoms with Crippen molar-refractivity contribution in [3.63, 3.8) is 0 Å². The molecule has 1 heterocycles. The molecule has 2 rings (SSSR count). The van der Waals surface area contributed by atoms with E-state index < -0.39 is 0 Å². The first-order valence-corrected chi connectivity index (χ1v) is 4.89. The molecular weight excluding hydrogens is 146 g/mol. The van der Waals surface area contributed by atoms with E-state index in [9.17, 15) is 0 Å². The summed E-state index contributed by atoms with van der Waals surface area (Å²) in [5.74, 6) is 0. The molecule has 66 valence electrons. The second kappa shape index (κ2) is 3.06. The highest BCUT2D eigenvalue weighted by Crippen LogP contribution is 2.39. The largest absolute Gasteiger partial charge is 0.317 e. The molecule has 1 N–H and O–H groups in total. The SMILES string of the molecule is C=C1C=CC2(CCNCC2)CC1. The van der Waals surface area contributed by atoms with Gasteiger partial charge in [0.05, 0.1) is 0 Å². The Kier molecular flexibility index (Phi) is 2.05. The van der Waals surface area contributed by atoms with E-state index in [1.54, 1.807) is 0 Å². The van der Waals surface area contributed by atoms with Gasteiger partial charge in [0.25, 0.3) is 0 Å². The maximum Gasteiger partial charge on any atom is -0.00406 e. The predicted octanol–water partition coefficient (Wildman–Crippen LogP) is 2.26. The zero-order valence-corrected chi connectivity index (χ0v) is 7.60. The molecule has 0 atom stereocenters. The molecule has 0 unspecified atom stereocenters. The Morgan fingerprint density at radius 3 is 2.58 bits per heavy atom. The summed E-state index contributed by atoms with van der Waals surface area (Å²) in [6, 6.07) is 0. The summed E-state index contributed by atoms with van der Waals surface area (Å²) in [4.78, 5) is 0. The minimum atomic E-state index is 0.534. The van der Waals surface area contributed by atoms with Crippen LogP contribution in [-0.2, 0) is 0 Å². The summed E-state index contributed by atoms with van der Waals surface area (Å²) < 4.78 is 0. The highest BCUT2D eigenvalue weighted by Gasteiger charge is 2.30. The number of hydrogen-bond acceptors (Lipinski definition) is 1. The quantitative estimate of drug-likeness (QED) is 0.577. The van der Waals surface area contributed by atoms with E-state index in [0.717, 1.165) is 0 Å². The summed E-state index contributed by atoms with van der Waals surface area (Å²) in [5.41, 5.74) is 1.84. The van der Waals surface area contributed by atoms with Gasteiger partial charge in [-0.1, -0.05) is 24.3 Å². The van der Waals surface area contributed by atoms with Crippen molar-refractivity contribution in [2.24, 2.45) is 5.41 Å². The molecule has 12 heavy (non-hydrogen) atoms. The van der Waals surface area contributed by atoms with E-state index in [1.165, 1.54) is 44.3 Å². The van der Waals surface area contributed by atoms with Crippen LogP contribution in [0.3, 0.4) is 0 Å². The number of nitrogens with one attached hydrogen (secondary N) is 1. The van der Waals surface area contributed by atoms with E-state index in [-0.39, 0.29) is 0 Å². The van der Waals surface area contributed by atoms with E-state index in [4.69, 9.17) is 0 Å². The molecule has 0 aromatic rings. The molecule has 0 saturated carbocycles. The highest BCUT2D eigenvalue weighted by molar-refractivity contribution is 5.22. The minimum absolute atomic E-state index is 0.534. The predicted molar refractivity (Wildman–Crippen MR) is 52.1 cm³/mol. The third-order valence-corrected chi connectivity index (χ3v) is 3.22. The molecule has 1 heteroatoms. The molecule has 1 spiro atoms. The van der Waals surface area contributed by atoms with Gasteiger partial charge in [-0.2, -0.15) is 0 Å². The van der Waals surface area contributed by atoms with Crippen LogP contribution in [0.2, 0.25) is 0 Å². The van der Waals surface area contributed by atoms with Crippen LogP contribution in [0.4, 0.5) is 0 Å². The van der Waals surface area contributed by atoms with Crippen molar-refractivity contribution in [2.75, 3.05) is 13.1 Å². The number of rotatable bonds is 0. The van der Waals surface area contributed by atoms with Gasteiger partial charge in [-0.15, -0.1) is 0 Å². The number of hydrogen-bond donors (Lipinski definition) is 1. The second-order valence-corrected chi connectivity index (χ2v) is 4.10. The van der Waals surface area contributed by atoms with Crippen molar-refractivity contribution in [2.45, 2.75) is 25.7 Å². The maximum absolute atomic E-state index is 3.99. The summed E-state index contributed by atoms with van der Waals surface area (Å²) in [6.07, 6.45) is 9.79. The van der Waals surface area contributed by atoms with Crippen molar-refractivity contribution in [1.82, 2.24) is 5.32 Å². The van der Waals surface area contributed by atoms with Crippen molar-refractivity contribution in [1.29, 1.82) is 0 Å². The summed E-state index contributed by atoms with van der Waals surface area (Å²) in [7, 11) is 0. The van der Waals surface area contributed by atoms with Crippen LogP contribution in [-0.4, -0.2) is 13.1 Å². The van der Waals surface area contributed by atoms with Crippen LogP contribution < -0.4 is 5.32 Å². The Balaban J connectivity index is 2.10. The fourth-order valence-corrected chi connectivity index (χ4v) is 2.21. The minimum Gasteiger partial charge on any atom is -0.317 e. The van der Waals surface area contributed by atoms with Crippen LogP contribution in [0.5, 0.6) is 0 Å². The van der Waals surface area contributed by atoms with Gasteiger partial charge < -0.3 is 5.32 Å². The second-order valence-electron chi connectivity index (χ2n) is 4.10. The molecule has 1 fully saturated rings. The molecule has 1 nitrogen and oxygen atoms in total. The topological polar surface area (TPSA) is 12.0 Å². The van der Waals surface area contributed by atoms with Crippen molar-refractivity contribution >= 4 is 0 Å².